The van der Waals surface area contributed by atoms with Crippen LogP contribution in [-0.4, -0.2) is 65.8 Å². The summed E-state index contributed by atoms with van der Waals surface area (Å²) in [5.41, 5.74) is 2.02. The van der Waals surface area contributed by atoms with Crippen LogP contribution in [0.2, 0.25) is 10.0 Å². The van der Waals surface area contributed by atoms with Crippen LogP contribution in [0.5, 0.6) is 5.75 Å². The minimum absolute atomic E-state index is 0.0272. The second-order valence-corrected chi connectivity index (χ2v) is 13.5. The molecule has 1 aromatic carbocycles. The molecule has 0 unspecified atom stereocenters. The first-order valence-electron chi connectivity index (χ1n) is 12.5. The molecular formula is C27H26Cl2FN7O3S. The number of rotatable bonds is 8. The maximum atomic E-state index is 15.0. The van der Waals surface area contributed by atoms with Gasteiger partial charge in [-0.3, -0.25) is 10.1 Å². The highest BCUT2D eigenvalue weighted by atomic mass is 35.5. The minimum Gasteiger partial charge on any atom is -0.483 e. The third-order valence-corrected chi connectivity index (χ3v) is 8.96. The highest BCUT2D eigenvalue weighted by molar-refractivity contribution is 7.88. The molecule has 4 heterocycles. The highest BCUT2D eigenvalue weighted by Crippen LogP contribution is 2.39. The molecular weight excluding hydrogens is 592 g/mol. The highest BCUT2D eigenvalue weighted by Gasteiger charge is 2.42. The predicted octanol–water partition coefficient (Wildman–Crippen LogP) is 5.20. The van der Waals surface area contributed by atoms with Crippen molar-refractivity contribution in [1.82, 2.24) is 24.5 Å². The van der Waals surface area contributed by atoms with Gasteiger partial charge in [0.1, 0.15) is 23.7 Å². The maximum absolute atomic E-state index is 15.0. The molecule has 1 saturated heterocycles. The molecule has 0 spiro atoms. The number of pyridine rings is 2. The number of aromatic nitrogens is 4. The predicted molar refractivity (Wildman–Crippen MR) is 155 cm³/mol. The molecule has 1 aliphatic heterocycles. The van der Waals surface area contributed by atoms with Crippen LogP contribution in [-0.2, 0) is 10.0 Å². The summed E-state index contributed by atoms with van der Waals surface area (Å²) < 4.78 is 45.9. The van der Waals surface area contributed by atoms with Crippen LogP contribution >= 0.6 is 23.2 Å². The summed E-state index contributed by atoms with van der Waals surface area (Å²) in [7, 11) is -1.74. The topological polar surface area (TPSA) is 128 Å². The average Bonchev–Trinajstić information content (AvgIpc) is 3.28. The quantitative estimate of drug-likeness (QED) is 0.286. The lowest BCUT2D eigenvalue weighted by Crippen LogP contribution is -2.60. The van der Waals surface area contributed by atoms with E-state index in [4.69, 9.17) is 27.9 Å². The summed E-state index contributed by atoms with van der Waals surface area (Å²) in [4.78, 5) is 10.4. The lowest BCUT2D eigenvalue weighted by atomic mass is 9.81. The van der Waals surface area contributed by atoms with Crippen molar-refractivity contribution in [1.29, 1.82) is 5.26 Å². The average molecular weight is 619 g/mol. The Morgan fingerprint density at radius 1 is 1.24 bits per heavy atom. The van der Waals surface area contributed by atoms with Gasteiger partial charge in [-0.1, -0.05) is 30.1 Å². The van der Waals surface area contributed by atoms with Gasteiger partial charge in [-0.15, -0.1) is 0 Å². The van der Waals surface area contributed by atoms with Crippen molar-refractivity contribution in [3.8, 4) is 23.1 Å². The lowest BCUT2D eigenvalue weighted by Gasteiger charge is -2.50. The van der Waals surface area contributed by atoms with E-state index in [1.165, 1.54) is 35.1 Å². The van der Waals surface area contributed by atoms with Crippen LogP contribution in [0, 0.1) is 22.6 Å². The van der Waals surface area contributed by atoms with Crippen LogP contribution in [0.25, 0.3) is 22.2 Å². The standard InChI is InChI=1S/C27H26Cl2FN7O3S/c1-15(24-19(28)10-32-11-20(24)29)40-23-6-18-22(7-21(23)30)34-35-25(18)17-5-16(8-31)26(33-9-17)37-13-27(2,14-37)12-36(3)41(4,38)39/h5-7,9-11,15H,12-14H2,1-4H3,(H,34,35)/t15-/m1/s1. The van der Waals surface area contributed by atoms with Crippen LogP contribution < -0.4 is 9.64 Å². The Labute approximate surface area is 246 Å². The number of nitriles is 1. The maximum Gasteiger partial charge on any atom is 0.210 e. The number of hydrogen-bond acceptors (Lipinski definition) is 8. The summed E-state index contributed by atoms with van der Waals surface area (Å²) in [5.74, 6) is -0.124. The van der Waals surface area contributed by atoms with E-state index in [1.54, 1.807) is 26.2 Å². The van der Waals surface area contributed by atoms with Crippen molar-refractivity contribution in [3.63, 3.8) is 0 Å². The van der Waals surface area contributed by atoms with Gasteiger partial charge >= 0.3 is 0 Å². The van der Waals surface area contributed by atoms with E-state index in [-0.39, 0.29) is 11.2 Å². The Hall–Kier alpha value is -3.50. The molecule has 3 aromatic heterocycles. The van der Waals surface area contributed by atoms with E-state index in [0.29, 0.717) is 68.8 Å². The number of ether oxygens (including phenoxy) is 1. The van der Waals surface area contributed by atoms with Gasteiger partial charge in [0.05, 0.1) is 27.4 Å². The number of nitrogens with one attached hydrogen (secondary N) is 1. The molecule has 1 aliphatic rings. The summed E-state index contributed by atoms with van der Waals surface area (Å²) in [5, 5.41) is 18.3. The SMILES string of the molecule is C[C@@H](Oc1cc2c(-c3cnc(N4CC(C)(CN(C)S(C)(=O)=O)C4)c(C#N)c3)n[nH]c2cc1F)c1c(Cl)cncc1Cl. The monoisotopic (exact) mass is 617 g/mol. The molecule has 14 heteroatoms. The van der Waals surface area contributed by atoms with Gasteiger partial charge in [0.15, 0.2) is 11.6 Å². The van der Waals surface area contributed by atoms with Gasteiger partial charge in [0.25, 0.3) is 0 Å². The van der Waals surface area contributed by atoms with Crippen molar-refractivity contribution in [2.75, 3.05) is 37.8 Å². The van der Waals surface area contributed by atoms with Gasteiger partial charge in [-0.05, 0) is 19.1 Å². The number of nitrogens with zero attached hydrogens (tertiary/aromatic N) is 6. The zero-order valence-corrected chi connectivity index (χ0v) is 24.9. The molecule has 0 saturated carbocycles. The van der Waals surface area contributed by atoms with E-state index in [2.05, 4.69) is 26.2 Å². The fraction of sp³-hybridized carbons (Fsp3) is 0.333. The second-order valence-electron chi connectivity index (χ2n) is 10.6. The molecule has 0 radical (unpaired) electrons. The van der Waals surface area contributed by atoms with Crippen LogP contribution in [0.15, 0.2) is 36.8 Å². The van der Waals surface area contributed by atoms with Gasteiger partial charge in [-0.2, -0.15) is 10.4 Å². The number of H-pyrrole nitrogens is 1. The Kier molecular flexibility index (Phi) is 7.59. The molecule has 1 atom stereocenters. The smallest absolute Gasteiger partial charge is 0.210 e. The molecule has 5 rings (SSSR count). The van der Waals surface area contributed by atoms with Crippen molar-refractivity contribution in [2.24, 2.45) is 5.41 Å². The number of sulfonamides is 1. The molecule has 0 aliphatic carbocycles. The molecule has 0 amide bonds. The molecule has 4 aromatic rings. The van der Waals surface area contributed by atoms with E-state index in [1.807, 2.05) is 11.8 Å². The van der Waals surface area contributed by atoms with E-state index in [0.717, 1.165) is 0 Å². The summed E-state index contributed by atoms with van der Waals surface area (Å²) >= 11 is 12.5. The van der Waals surface area contributed by atoms with Crippen molar-refractivity contribution < 1.29 is 17.5 Å². The van der Waals surface area contributed by atoms with Gasteiger partial charge in [0.2, 0.25) is 10.0 Å². The van der Waals surface area contributed by atoms with Crippen molar-refractivity contribution in [2.45, 2.75) is 20.0 Å². The van der Waals surface area contributed by atoms with Crippen LogP contribution in [0.3, 0.4) is 0 Å². The number of hydrogen-bond donors (Lipinski definition) is 1. The molecule has 10 nitrogen and oxygen atoms in total. The van der Waals surface area contributed by atoms with Gasteiger partial charge in [0, 0.05) is 73.3 Å². The third kappa shape index (κ3) is 5.67. The summed E-state index contributed by atoms with van der Waals surface area (Å²) in [6.07, 6.45) is 4.98. The zero-order valence-electron chi connectivity index (χ0n) is 22.6. The number of aromatic amines is 1. The molecule has 214 valence electrons. The number of anilines is 1. The van der Waals surface area contributed by atoms with E-state index >= 15 is 0 Å². The first-order chi connectivity index (χ1) is 19.3. The van der Waals surface area contributed by atoms with E-state index < -0.39 is 21.9 Å². The first-order valence-corrected chi connectivity index (χ1v) is 15.1. The summed E-state index contributed by atoms with van der Waals surface area (Å²) in [6, 6.07) is 6.69. The Bertz CT molecular complexity index is 1780. The zero-order chi connectivity index (χ0) is 29.7. The minimum atomic E-state index is -3.30. The first kappa shape index (κ1) is 29.0. The third-order valence-electron chi connectivity index (χ3n) is 7.09. The molecule has 41 heavy (non-hydrogen) atoms. The van der Waals surface area contributed by atoms with Gasteiger partial charge in [-0.25, -0.2) is 22.1 Å². The largest absolute Gasteiger partial charge is 0.483 e. The number of benzene rings is 1. The van der Waals surface area contributed by atoms with Crippen molar-refractivity contribution in [3.05, 3.63) is 63.8 Å². The molecule has 1 fully saturated rings. The van der Waals surface area contributed by atoms with Crippen LogP contribution in [0.4, 0.5) is 10.2 Å². The normalized spacial score (nSPS) is 15.5. The Morgan fingerprint density at radius 2 is 1.93 bits per heavy atom. The fourth-order valence-corrected chi connectivity index (χ4v) is 6.31. The van der Waals surface area contributed by atoms with Gasteiger partial charge < -0.3 is 9.64 Å². The molecule has 0 bridgehead atoms. The van der Waals surface area contributed by atoms with Crippen molar-refractivity contribution >= 4 is 49.9 Å². The van der Waals surface area contributed by atoms with Crippen LogP contribution in [0.1, 0.15) is 31.1 Å². The van der Waals surface area contributed by atoms with E-state index in [9.17, 15) is 18.1 Å². The lowest BCUT2D eigenvalue weighted by molar-refractivity contribution is 0.198. The molecule has 1 N–H and O–H groups in total. The fourth-order valence-electron chi connectivity index (χ4n) is 5.09. The Morgan fingerprint density at radius 3 is 2.56 bits per heavy atom. The number of halogens is 3. The summed E-state index contributed by atoms with van der Waals surface area (Å²) in [6.45, 7) is 5.15. The Balaban J connectivity index is 1.41. The number of fused-ring (bicyclic) bond motifs is 1. The second kappa shape index (κ2) is 10.7.